The van der Waals surface area contributed by atoms with Crippen molar-refractivity contribution in [3.05, 3.63) is 46.6 Å². The highest BCUT2D eigenvalue weighted by Crippen LogP contribution is 2.40. The predicted molar refractivity (Wildman–Crippen MR) is 74.1 cm³/mol. The molecule has 0 aliphatic carbocycles. The number of nitrogens with zero attached hydrogens (tertiary/aromatic N) is 1. The van der Waals surface area contributed by atoms with Gasteiger partial charge in [0.2, 0.25) is 5.76 Å². The van der Waals surface area contributed by atoms with Gasteiger partial charge in [0, 0.05) is 10.6 Å². The fourth-order valence-corrected chi connectivity index (χ4v) is 2.21. The third-order valence-electron chi connectivity index (χ3n) is 2.66. The highest BCUT2D eigenvalue weighted by atomic mass is 35.5. The molecule has 19 heavy (non-hydrogen) atoms. The number of rotatable bonds is 2. The summed E-state index contributed by atoms with van der Waals surface area (Å²) >= 11 is 11.9. The maximum Gasteiger partial charge on any atom is 0.212 e. The first-order valence-electron chi connectivity index (χ1n) is 5.42. The summed E-state index contributed by atoms with van der Waals surface area (Å²) in [6, 6.07) is 10.6. The van der Waals surface area contributed by atoms with E-state index in [-0.39, 0.29) is 11.0 Å². The van der Waals surface area contributed by atoms with Gasteiger partial charge >= 0.3 is 0 Å². The third kappa shape index (κ3) is 2.09. The van der Waals surface area contributed by atoms with E-state index in [1.54, 1.807) is 18.2 Å². The summed E-state index contributed by atoms with van der Waals surface area (Å²) in [5.74, 6) is 1.09. The maximum absolute atomic E-state index is 6.17. The molecule has 0 saturated heterocycles. The van der Waals surface area contributed by atoms with Gasteiger partial charge in [-0.3, -0.25) is 0 Å². The van der Waals surface area contributed by atoms with Crippen molar-refractivity contribution in [3.8, 4) is 22.6 Å². The molecule has 6 heteroatoms. The zero-order chi connectivity index (χ0) is 13.4. The molecule has 2 N–H and O–H groups in total. The number of nitrogen functional groups attached to an aromatic ring is 1. The molecule has 0 fully saturated rings. The minimum Gasteiger partial charge on any atom is -0.441 e. The van der Waals surface area contributed by atoms with Crippen molar-refractivity contribution in [3.63, 3.8) is 0 Å². The Kier molecular flexibility index (Phi) is 2.97. The van der Waals surface area contributed by atoms with Gasteiger partial charge in [-0.1, -0.05) is 35.0 Å². The second kappa shape index (κ2) is 4.64. The fraction of sp³-hybridized carbons (Fsp3) is 0. The van der Waals surface area contributed by atoms with Crippen LogP contribution in [0.4, 0.5) is 5.82 Å². The molecule has 0 radical (unpaired) electrons. The van der Waals surface area contributed by atoms with Crippen LogP contribution in [0.15, 0.2) is 45.3 Å². The van der Waals surface area contributed by atoms with E-state index in [2.05, 4.69) is 5.16 Å². The van der Waals surface area contributed by atoms with Gasteiger partial charge < -0.3 is 14.7 Å². The molecule has 0 saturated carbocycles. The summed E-state index contributed by atoms with van der Waals surface area (Å²) in [7, 11) is 0. The molecule has 0 atom stereocenters. The summed E-state index contributed by atoms with van der Waals surface area (Å²) in [6.45, 7) is 0. The van der Waals surface area contributed by atoms with E-state index in [1.807, 2.05) is 18.2 Å². The number of halogens is 2. The van der Waals surface area contributed by atoms with Crippen LogP contribution in [0.5, 0.6) is 0 Å². The van der Waals surface area contributed by atoms with Gasteiger partial charge in [0.05, 0.1) is 5.56 Å². The van der Waals surface area contributed by atoms with E-state index in [1.165, 1.54) is 0 Å². The second-order valence-corrected chi connectivity index (χ2v) is 4.64. The Morgan fingerprint density at radius 1 is 1.05 bits per heavy atom. The van der Waals surface area contributed by atoms with Crippen LogP contribution in [0, 0.1) is 0 Å². The van der Waals surface area contributed by atoms with Gasteiger partial charge in [0.1, 0.15) is 0 Å². The molecule has 2 aromatic heterocycles. The van der Waals surface area contributed by atoms with E-state index < -0.39 is 0 Å². The maximum atomic E-state index is 6.17. The molecule has 0 spiro atoms. The van der Waals surface area contributed by atoms with E-state index in [4.69, 9.17) is 37.9 Å². The molecule has 0 amide bonds. The van der Waals surface area contributed by atoms with Crippen LogP contribution in [0.2, 0.25) is 10.2 Å². The molecular weight excluding hydrogens is 287 g/mol. The topological polar surface area (TPSA) is 65.2 Å². The Morgan fingerprint density at radius 3 is 2.53 bits per heavy atom. The van der Waals surface area contributed by atoms with Crippen LogP contribution in [0.25, 0.3) is 22.6 Å². The van der Waals surface area contributed by atoms with Crippen LogP contribution >= 0.6 is 23.2 Å². The molecule has 1 aromatic carbocycles. The van der Waals surface area contributed by atoms with E-state index in [9.17, 15) is 0 Å². The highest BCUT2D eigenvalue weighted by Gasteiger charge is 2.21. The Morgan fingerprint density at radius 2 is 1.84 bits per heavy atom. The van der Waals surface area contributed by atoms with Crippen LogP contribution in [0.3, 0.4) is 0 Å². The molecule has 4 nitrogen and oxygen atoms in total. The Hall–Kier alpha value is -1.91. The van der Waals surface area contributed by atoms with Crippen molar-refractivity contribution in [2.45, 2.75) is 0 Å². The molecule has 2 heterocycles. The van der Waals surface area contributed by atoms with Crippen LogP contribution < -0.4 is 5.73 Å². The molecule has 3 aromatic rings. The lowest BCUT2D eigenvalue weighted by Crippen LogP contribution is -1.89. The van der Waals surface area contributed by atoms with Crippen LogP contribution in [-0.4, -0.2) is 5.16 Å². The summed E-state index contributed by atoms with van der Waals surface area (Å²) in [4.78, 5) is 0. The summed E-state index contributed by atoms with van der Waals surface area (Å²) < 4.78 is 10.5. The fourth-order valence-electron chi connectivity index (χ4n) is 1.83. The minimum absolute atomic E-state index is 0.246. The van der Waals surface area contributed by atoms with Gasteiger partial charge in [0.25, 0.3) is 0 Å². The van der Waals surface area contributed by atoms with Crippen molar-refractivity contribution < 1.29 is 8.94 Å². The first-order valence-corrected chi connectivity index (χ1v) is 6.18. The van der Waals surface area contributed by atoms with Gasteiger partial charge in [-0.15, -0.1) is 0 Å². The van der Waals surface area contributed by atoms with Crippen molar-refractivity contribution >= 4 is 29.0 Å². The first-order chi connectivity index (χ1) is 9.16. The highest BCUT2D eigenvalue weighted by molar-refractivity contribution is 6.33. The smallest absolute Gasteiger partial charge is 0.212 e. The summed E-state index contributed by atoms with van der Waals surface area (Å²) in [6.07, 6.45) is 0. The summed E-state index contributed by atoms with van der Waals surface area (Å²) in [5, 5.41) is 4.57. The van der Waals surface area contributed by atoms with Crippen molar-refractivity contribution in [1.29, 1.82) is 0 Å². The second-order valence-electron chi connectivity index (χ2n) is 3.86. The molecule has 0 unspecified atom stereocenters. The molecule has 96 valence electrons. The number of aromatic nitrogens is 1. The van der Waals surface area contributed by atoms with Gasteiger partial charge in [-0.05, 0) is 29.8 Å². The van der Waals surface area contributed by atoms with Gasteiger partial charge in [0.15, 0.2) is 16.8 Å². The van der Waals surface area contributed by atoms with E-state index in [0.29, 0.717) is 22.1 Å². The SMILES string of the molecule is Nc1noc(-c2ccc(Cl)o2)c1-c1ccccc1Cl. The average Bonchev–Trinajstić information content (AvgIpc) is 2.96. The van der Waals surface area contributed by atoms with Gasteiger partial charge in [-0.2, -0.15) is 0 Å². The molecule has 0 aliphatic rings. The number of anilines is 1. The zero-order valence-corrected chi connectivity index (χ0v) is 11.1. The van der Waals surface area contributed by atoms with Crippen molar-refractivity contribution in [2.24, 2.45) is 0 Å². The molecular formula is C13H8Cl2N2O2. The number of nitrogens with two attached hydrogens (primary N) is 1. The molecule has 3 rings (SSSR count). The number of hydrogen-bond acceptors (Lipinski definition) is 4. The lowest BCUT2D eigenvalue weighted by atomic mass is 10.0. The molecule has 0 aliphatic heterocycles. The number of furan rings is 1. The monoisotopic (exact) mass is 294 g/mol. The normalized spacial score (nSPS) is 10.8. The van der Waals surface area contributed by atoms with Crippen LogP contribution in [-0.2, 0) is 0 Å². The van der Waals surface area contributed by atoms with E-state index >= 15 is 0 Å². The number of benzene rings is 1. The number of hydrogen-bond donors (Lipinski definition) is 1. The quantitative estimate of drug-likeness (QED) is 0.756. The lowest BCUT2D eigenvalue weighted by molar-refractivity contribution is 0.421. The zero-order valence-electron chi connectivity index (χ0n) is 9.56. The van der Waals surface area contributed by atoms with Crippen molar-refractivity contribution in [2.75, 3.05) is 5.73 Å². The largest absolute Gasteiger partial charge is 0.441 e. The third-order valence-corrected chi connectivity index (χ3v) is 3.19. The minimum atomic E-state index is 0.246. The Bertz CT molecular complexity index is 734. The van der Waals surface area contributed by atoms with Gasteiger partial charge in [-0.25, -0.2) is 0 Å². The predicted octanol–water partition coefficient (Wildman–Crippen LogP) is 4.49. The van der Waals surface area contributed by atoms with Crippen molar-refractivity contribution in [1.82, 2.24) is 5.16 Å². The first kappa shape index (κ1) is 12.1. The lowest BCUT2D eigenvalue weighted by Gasteiger charge is -2.03. The van der Waals surface area contributed by atoms with Crippen LogP contribution in [0.1, 0.15) is 0 Å². The Labute approximate surface area is 118 Å². The summed E-state index contributed by atoms with van der Waals surface area (Å²) in [5.41, 5.74) is 7.17. The standard InChI is InChI=1S/C13H8Cl2N2O2/c14-8-4-2-1-3-7(8)11-12(19-17-13(11)16)9-5-6-10(15)18-9/h1-6H,(H2,16,17). The Balaban J connectivity index is 2.22. The average molecular weight is 295 g/mol. The van der Waals surface area contributed by atoms with E-state index in [0.717, 1.165) is 5.56 Å². The molecule has 0 bridgehead atoms.